The van der Waals surface area contributed by atoms with Crippen molar-refractivity contribution >= 4 is 23.2 Å². The van der Waals surface area contributed by atoms with E-state index >= 15 is 0 Å². The summed E-state index contributed by atoms with van der Waals surface area (Å²) in [6.07, 6.45) is 5.41. The van der Waals surface area contributed by atoms with E-state index in [1.807, 2.05) is 39.8 Å². The zero-order valence-corrected chi connectivity index (χ0v) is 16.1. The number of nitrogens with zero attached hydrogens (tertiary/aromatic N) is 1. The lowest BCUT2D eigenvalue weighted by atomic mass is 10.0. The standard InChI is InChI=1S/C22H25N3O2/c1-6-19(26)25(18-13-7-15(2)8-14-18)20(21(27)24-22(3,4)5)16-9-11-17(23)12-10-16/h1,7-14,20H,23H2,2-5H3,(H,24,27). The van der Waals surface area contributed by atoms with E-state index in [1.54, 1.807) is 36.4 Å². The zero-order chi connectivity index (χ0) is 20.2. The molecule has 5 heteroatoms. The second-order valence-corrected chi connectivity index (χ2v) is 7.46. The van der Waals surface area contributed by atoms with E-state index < -0.39 is 17.5 Å². The molecule has 0 saturated carbocycles. The van der Waals surface area contributed by atoms with Crippen LogP contribution in [0.4, 0.5) is 11.4 Å². The molecule has 3 N–H and O–H groups in total. The summed E-state index contributed by atoms with van der Waals surface area (Å²) >= 11 is 0. The molecular weight excluding hydrogens is 338 g/mol. The van der Waals surface area contributed by atoms with Gasteiger partial charge >= 0.3 is 5.91 Å². The fourth-order valence-electron chi connectivity index (χ4n) is 2.69. The molecule has 0 bridgehead atoms. The van der Waals surface area contributed by atoms with Crippen molar-refractivity contribution in [1.29, 1.82) is 0 Å². The second kappa shape index (κ2) is 7.96. The summed E-state index contributed by atoms with van der Waals surface area (Å²) in [4.78, 5) is 27.1. The highest BCUT2D eigenvalue weighted by Crippen LogP contribution is 2.29. The number of rotatable bonds is 4. The highest BCUT2D eigenvalue weighted by atomic mass is 16.2. The molecule has 27 heavy (non-hydrogen) atoms. The van der Waals surface area contributed by atoms with Gasteiger partial charge in [0.05, 0.1) is 0 Å². The van der Waals surface area contributed by atoms with Gasteiger partial charge in [-0.3, -0.25) is 14.5 Å². The molecule has 5 nitrogen and oxygen atoms in total. The number of nitrogens with one attached hydrogen (secondary N) is 1. The minimum atomic E-state index is -0.920. The molecule has 1 atom stereocenters. The van der Waals surface area contributed by atoms with Crippen LogP contribution >= 0.6 is 0 Å². The van der Waals surface area contributed by atoms with Crippen LogP contribution in [0.15, 0.2) is 48.5 Å². The van der Waals surface area contributed by atoms with Crippen LogP contribution < -0.4 is 16.0 Å². The fourth-order valence-corrected chi connectivity index (χ4v) is 2.69. The van der Waals surface area contributed by atoms with Crippen molar-refractivity contribution in [3.8, 4) is 12.3 Å². The predicted molar refractivity (Wildman–Crippen MR) is 109 cm³/mol. The van der Waals surface area contributed by atoms with E-state index in [1.165, 1.54) is 4.90 Å². The number of carbonyl (C=O) groups is 2. The molecule has 0 aromatic heterocycles. The number of hydrogen-bond acceptors (Lipinski definition) is 3. The number of benzene rings is 2. The SMILES string of the molecule is C#CC(=O)N(c1ccc(C)cc1)C(C(=O)NC(C)(C)C)c1ccc(N)cc1. The lowest BCUT2D eigenvalue weighted by Gasteiger charge is -2.32. The third-order valence-corrected chi connectivity index (χ3v) is 3.91. The molecule has 0 fully saturated rings. The first kappa shape index (κ1) is 20.1. The van der Waals surface area contributed by atoms with E-state index in [9.17, 15) is 9.59 Å². The maximum absolute atomic E-state index is 13.1. The molecule has 0 saturated heterocycles. The minimum absolute atomic E-state index is 0.323. The van der Waals surface area contributed by atoms with Gasteiger partial charge < -0.3 is 11.1 Å². The summed E-state index contributed by atoms with van der Waals surface area (Å²) < 4.78 is 0. The lowest BCUT2D eigenvalue weighted by Crippen LogP contribution is -2.49. The van der Waals surface area contributed by atoms with E-state index in [2.05, 4.69) is 11.2 Å². The molecule has 0 aliphatic carbocycles. The number of aryl methyl sites for hydroxylation is 1. The lowest BCUT2D eigenvalue weighted by molar-refractivity contribution is -0.126. The van der Waals surface area contributed by atoms with Crippen LogP contribution in [0.3, 0.4) is 0 Å². The Kier molecular flexibility index (Phi) is 5.91. The Morgan fingerprint density at radius 2 is 1.63 bits per heavy atom. The molecule has 0 spiro atoms. The maximum Gasteiger partial charge on any atom is 0.303 e. The molecule has 1 unspecified atom stereocenters. The Morgan fingerprint density at radius 3 is 2.11 bits per heavy atom. The number of nitrogen functional groups attached to an aromatic ring is 1. The number of hydrogen-bond donors (Lipinski definition) is 2. The van der Waals surface area contributed by atoms with Crippen molar-refractivity contribution in [2.75, 3.05) is 10.6 Å². The van der Waals surface area contributed by atoms with Crippen LogP contribution in [0.1, 0.15) is 37.9 Å². The fraction of sp³-hybridized carbons (Fsp3) is 0.273. The molecule has 2 aromatic rings. The largest absolute Gasteiger partial charge is 0.399 e. The summed E-state index contributed by atoms with van der Waals surface area (Å²) in [5.41, 5.74) is 8.09. The average Bonchev–Trinajstić information content (AvgIpc) is 2.59. The van der Waals surface area contributed by atoms with E-state index in [0.717, 1.165) is 5.56 Å². The van der Waals surface area contributed by atoms with E-state index in [0.29, 0.717) is 16.9 Å². The van der Waals surface area contributed by atoms with Gasteiger partial charge in [0.15, 0.2) is 0 Å². The minimum Gasteiger partial charge on any atom is -0.399 e. The summed E-state index contributed by atoms with van der Waals surface area (Å²) in [6.45, 7) is 7.58. The van der Waals surface area contributed by atoms with Crippen LogP contribution in [-0.2, 0) is 9.59 Å². The summed E-state index contributed by atoms with van der Waals surface area (Å²) in [7, 11) is 0. The first-order valence-electron chi connectivity index (χ1n) is 8.66. The Balaban J connectivity index is 2.60. The van der Waals surface area contributed by atoms with Gasteiger partial charge in [-0.2, -0.15) is 0 Å². The van der Waals surface area contributed by atoms with Gasteiger partial charge in [-0.05, 0) is 63.4 Å². The Hall–Kier alpha value is -3.26. The first-order valence-corrected chi connectivity index (χ1v) is 8.66. The Labute approximate surface area is 160 Å². The van der Waals surface area contributed by atoms with Crippen molar-refractivity contribution in [1.82, 2.24) is 5.32 Å². The summed E-state index contributed by atoms with van der Waals surface area (Å²) in [5.74, 6) is 1.22. The van der Waals surface area contributed by atoms with Crippen molar-refractivity contribution < 1.29 is 9.59 Å². The first-order chi connectivity index (χ1) is 12.6. The number of anilines is 2. The van der Waals surface area contributed by atoms with E-state index in [4.69, 9.17) is 12.2 Å². The molecule has 2 amide bonds. The number of amides is 2. The topological polar surface area (TPSA) is 75.4 Å². The molecule has 0 aliphatic heterocycles. The quantitative estimate of drug-likeness (QED) is 0.647. The summed E-state index contributed by atoms with van der Waals surface area (Å²) in [5, 5.41) is 2.94. The number of terminal acetylenes is 1. The van der Waals surface area contributed by atoms with Gasteiger partial charge in [-0.25, -0.2) is 0 Å². The molecule has 0 heterocycles. The van der Waals surface area contributed by atoms with Gasteiger partial charge in [0.1, 0.15) is 6.04 Å². The average molecular weight is 363 g/mol. The van der Waals surface area contributed by atoms with Crippen molar-refractivity contribution in [3.63, 3.8) is 0 Å². The zero-order valence-electron chi connectivity index (χ0n) is 16.1. The second-order valence-electron chi connectivity index (χ2n) is 7.46. The van der Waals surface area contributed by atoms with Gasteiger partial charge in [0.2, 0.25) is 5.91 Å². The van der Waals surface area contributed by atoms with Crippen LogP contribution in [0, 0.1) is 19.3 Å². The van der Waals surface area contributed by atoms with E-state index in [-0.39, 0.29) is 5.91 Å². The van der Waals surface area contributed by atoms with Crippen LogP contribution in [0.25, 0.3) is 0 Å². The predicted octanol–water partition coefficient (Wildman–Crippen LogP) is 3.20. The molecular formula is C22H25N3O2. The highest BCUT2D eigenvalue weighted by Gasteiger charge is 2.33. The van der Waals surface area contributed by atoms with Gasteiger partial charge in [-0.1, -0.05) is 29.8 Å². The van der Waals surface area contributed by atoms with Gasteiger partial charge in [0.25, 0.3) is 0 Å². The smallest absolute Gasteiger partial charge is 0.303 e. The Morgan fingerprint density at radius 1 is 1.07 bits per heavy atom. The normalized spacial score (nSPS) is 12.0. The van der Waals surface area contributed by atoms with Crippen LogP contribution in [-0.4, -0.2) is 17.4 Å². The van der Waals surface area contributed by atoms with Crippen molar-refractivity contribution in [2.24, 2.45) is 0 Å². The van der Waals surface area contributed by atoms with Gasteiger partial charge in [0, 0.05) is 16.9 Å². The third-order valence-electron chi connectivity index (χ3n) is 3.91. The van der Waals surface area contributed by atoms with Crippen molar-refractivity contribution in [2.45, 2.75) is 39.3 Å². The molecule has 0 aliphatic rings. The molecule has 140 valence electrons. The summed E-state index contributed by atoms with van der Waals surface area (Å²) in [6, 6.07) is 13.2. The molecule has 2 aromatic carbocycles. The van der Waals surface area contributed by atoms with Gasteiger partial charge in [-0.15, -0.1) is 6.42 Å². The monoisotopic (exact) mass is 363 g/mol. The molecule has 2 rings (SSSR count). The van der Waals surface area contributed by atoms with Crippen molar-refractivity contribution in [3.05, 3.63) is 59.7 Å². The maximum atomic E-state index is 13.1. The van der Waals surface area contributed by atoms with Crippen LogP contribution in [0.5, 0.6) is 0 Å². The highest BCUT2D eigenvalue weighted by molar-refractivity contribution is 6.09. The Bertz CT molecular complexity index is 856. The van der Waals surface area contributed by atoms with Crippen LogP contribution in [0.2, 0.25) is 0 Å². The number of nitrogens with two attached hydrogens (primary N) is 1. The third kappa shape index (κ3) is 5.11. The molecule has 0 radical (unpaired) electrons. The number of carbonyl (C=O) groups excluding carboxylic acids is 2.